The fourth-order valence-electron chi connectivity index (χ4n) is 3.58. The Balaban J connectivity index is 1.84. The van der Waals surface area contributed by atoms with Crippen LogP contribution in [0, 0.1) is 22.5 Å². The molecule has 0 unspecified atom stereocenters. The summed E-state index contributed by atoms with van der Waals surface area (Å²) in [4.78, 5) is 24.3. The highest BCUT2D eigenvalue weighted by molar-refractivity contribution is 5.94. The van der Waals surface area contributed by atoms with Crippen LogP contribution in [-0.4, -0.2) is 47.3 Å². The van der Waals surface area contributed by atoms with Crippen LogP contribution >= 0.6 is 0 Å². The maximum atomic E-state index is 14.0. The summed E-state index contributed by atoms with van der Waals surface area (Å²) < 4.78 is 32.7. The van der Waals surface area contributed by atoms with E-state index in [1.807, 2.05) is 0 Å². The maximum Gasteiger partial charge on any atom is 0.312 e. The number of piperidine rings is 1. The van der Waals surface area contributed by atoms with Crippen molar-refractivity contribution in [3.8, 4) is 5.75 Å². The van der Waals surface area contributed by atoms with Crippen LogP contribution in [-0.2, 0) is 16.1 Å². The van der Waals surface area contributed by atoms with Gasteiger partial charge in [0, 0.05) is 37.3 Å². The number of hydrogen-bond acceptors (Lipinski definition) is 4. The van der Waals surface area contributed by atoms with Crippen LogP contribution in [0.5, 0.6) is 5.75 Å². The average Bonchev–Trinajstić information content (AvgIpc) is 3.02. The molecule has 6 nitrogen and oxygen atoms in total. The largest absolute Gasteiger partial charge is 0.497 e. The van der Waals surface area contributed by atoms with Gasteiger partial charge in [-0.25, -0.2) is 8.78 Å². The lowest BCUT2D eigenvalue weighted by Gasteiger charge is -2.20. The van der Waals surface area contributed by atoms with E-state index in [2.05, 4.69) is 0 Å². The van der Waals surface area contributed by atoms with E-state index in [1.54, 1.807) is 0 Å². The van der Waals surface area contributed by atoms with Gasteiger partial charge in [0.25, 0.3) is 0 Å². The first-order valence-electron chi connectivity index (χ1n) is 6.97. The third-order valence-electron chi connectivity index (χ3n) is 4.93. The van der Waals surface area contributed by atoms with Gasteiger partial charge in [0.15, 0.2) is 0 Å². The molecule has 0 bridgehead atoms. The summed E-state index contributed by atoms with van der Waals surface area (Å²) in [5.74, 6) is -3.94. The molecule has 2 atom stereocenters. The van der Waals surface area contributed by atoms with Gasteiger partial charge in [0.05, 0.1) is 17.9 Å². The third-order valence-corrected chi connectivity index (χ3v) is 4.93. The van der Waals surface area contributed by atoms with Crippen LogP contribution in [0.1, 0.15) is 12.0 Å². The van der Waals surface area contributed by atoms with Crippen molar-refractivity contribution < 1.29 is 33.3 Å². The van der Waals surface area contributed by atoms with Crippen LogP contribution in [0.2, 0.25) is 0 Å². The first kappa shape index (κ1) is 15.7. The van der Waals surface area contributed by atoms with Gasteiger partial charge in [-0.2, -0.15) is 0 Å². The highest BCUT2D eigenvalue weighted by Gasteiger charge is 2.80. The van der Waals surface area contributed by atoms with Gasteiger partial charge in [-0.1, -0.05) is 0 Å². The number of methoxy groups -OCH3 is 1. The first-order chi connectivity index (χ1) is 10.8. The van der Waals surface area contributed by atoms with E-state index >= 15 is 0 Å². The molecule has 0 amide bonds. The molecule has 1 aliphatic carbocycles. The molecule has 3 rings (SSSR count). The van der Waals surface area contributed by atoms with Crippen molar-refractivity contribution in [2.75, 3.05) is 20.2 Å². The number of nitrogens with zero attached hydrogens (tertiary/aromatic N) is 1. The zero-order chi connectivity index (χ0) is 17.0. The van der Waals surface area contributed by atoms with Gasteiger partial charge in [-0.3, -0.25) is 14.5 Å². The smallest absolute Gasteiger partial charge is 0.312 e. The molecule has 1 heterocycles. The van der Waals surface area contributed by atoms with E-state index in [9.17, 15) is 28.6 Å². The number of benzene rings is 1. The van der Waals surface area contributed by atoms with Crippen molar-refractivity contribution in [2.24, 2.45) is 10.8 Å². The van der Waals surface area contributed by atoms with Gasteiger partial charge < -0.3 is 14.9 Å². The second kappa shape index (κ2) is 4.89. The summed E-state index contributed by atoms with van der Waals surface area (Å²) >= 11 is 0. The fraction of sp³-hybridized carbons (Fsp3) is 0.467. The molecular formula is C15H15F2NO5. The van der Waals surface area contributed by atoms with Crippen molar-refractivity contribution in [3.63, 3.8) is 0 Å². The lowest BCUT2D eigenvalue weighted by atomic mass is 9.97. The summed E-state index contributed by atoms with van der Waals surface area (Å²) in [5, 5.41) is 18.7. The van der Waals surface area contributed by atoms with Gasteiger partial charge in [-0.15, -0.1) is 0 Å². The Morgan fingerprint density at radius 2 is 1.65 bits per heavy atom. The predicted octanol–water partition coefficient (Wildman–Crippen LogP) is 1.33. The topological polar surface area (TPSA) is 87.1 Å². The van der Waals surface area contributed by atoms with Crippen LogP contribution in [0.4, 0.5) is 8.78 Å². The SMILES string of the molecule is COc1cc(F)c(CN2C[C@@]3(C(=O)O)C[C@@]3(C(=O)O)C2)c(F)c1. The highest BCUT2D eigenvalue weighted by Crippen LogP contribution is 2.68. The van der Waals surface area contributed by atoms with E-state index in [1.165, 1.54) is 12.0 Å². The summed E-state index contributed by atoms with van der Waals surface area (Å²) in [6.07, 6.45) is 0.0503. The molecule has 1 aliphatic heterocycles. The number of halogens is 2. The van der Waals surface area contributed by atoms with E-state index < -0.39 is 34.4 Å². The minimum Gasteiger partial charge on any atom is -0.497 e. The second-order valence-electron chi connectivity index (χ2n) is 6.17. The molecule has 0 aromatic heterocycles. The number of carboxylic acids is 2. The van der Waals surface area contributed by atoms with Crippen molar-refractivity contribution in [3.05, 3.63) is 29.3 Å². The lowest BCUT2D eigenvalue weighted by molar-refractivity contribution is -0.151. The Kier molecular flexibility index (Phi) is 3.33. The minimum atomic E-state index is -1.36. The predicted molar refractivity (Wildman–Crippen MR) is 72.9 cm³/mol. The molecule has 1 aromatic rings. The van der Waals surface area contributed by atoms with Crippen LogP contribution < -0.4 is 4.74 Å². The van der Waals surface area contributed by atoms with Crippen molar-refractivity contribution >= 4 is 11.9 Å². The van der Waals surface area contributed by atoms with Crippen molar-refractivity contribution in [1.29, 1.82) is 0 Å². The molecule has 2 aliphatic rings. The van der Waals surface area contributed by atoms with Crippen LogP contribution in [0.25, 0.3) is 0 Å². The summed E-state index contributed by atoms with van der Waals surface area (Å²) in [5.41, 5.74) is -2.95. The monoisotopic (exact) mass is 327 g/mol. The minimum absolute atomic E-state index is 0.0389. The Bertz CT molecular complexity index is 658. The normalized spacial score (nSPS) is 29.2. The average molecular weight is 327 g/mol. The molecule has 1 saturated heterocycles. The fourth-order valence-corrected chi connectivity index (χ4v) is 3.58. The summed E-state index contributed by atoms with van der Waals surface area (Å²) in [7, 11) is 1.29. The highest BCUT2D eigenvalue weighted by atomic mass is 19.1. The molecule has 1 aromatic carbocycles. The van der Waals surface area contributed by atoms with Crippen molar-refractivity contribution in [2.45, 2.75) is 13.0 Å². The molecule has 2 N–H and O–H groups in total. The Labute approximate surface area is 130 Å². The van der Waals surface area contributed by atoms with Crippen molar-refractivity contribution in [1.82, 2.24) is 4.90 Å². The molecular weight excluding hydrogens is 312 g/mol. The third kappa shape index (κ3) is 2.08. The molecule has 1 saturated carbocycles. The quantitative estimate of drug-likeness (QED) is 0.848. The number of fused-ring (bicyclic) bond motifs is 1. The van der Waals surface area contributed by atoms with Gasteiger partial charge in [-0.05, 0) is 6.42 Å². The molecule has 0 radical (unpaired) electrons. The van der Waals surface area contributed by atoms with E-state index in [4.69, 9.17) is 4.74 Å². The zero-order valence-electron chi connectivity index (χ0n) is 12.3. The van der Waals surface area contributed by atoms with Gasteiger partial charge >= 0.3 is 11.9 Å². The lowest BCUT2D eigenvalue weighted by Crippen LogP contribution is -2.29. The molecule has 23 heavy (non-hydrogen) atoms. The Hall–Kier alpha value is -2.22. The second-order valence-corrected chi connectivity index (χ2v) is 6.17. The zero-order valence-corrected chi connectivity index (χ0v) is 12.3. The van der Waals surface area contributed by atoms with E-state index in [0.29, 0.717) is 0 Å². The number of aliphatic carboxylic acids is 2. The number of likely N-dealkylation sites (tertiary alicyclic amines) is 1. The molecule has 0 spiro atoms. The number of rotatable bonds is 5. The Morgan fingerprint density at radius 1 is 1.17 bits per heavy atom. The van der Waals surface area contributed by atoms with Crippen LogP contribution in [0.3, 0.4) is 0 Å². The maximum absolute atomic E-state index is 14.0. The number of carbonyl (C=O) groups is 2. The summed E-state index contributed by atoms with van der Waals surface area (Å²) in [6.45, 7) is -0.273. The molecule has 8 heteroatoms. The number of carboxylic acid groups (broad SMARTS) is 2. The van der Waals surface area contributed by atoms with Gasteiger partial charge in [0.1, 0.15) is 17.4 Å². The Morgan fingerprint density at radius 3 is 2.04 bits per heavy atom. The standard InChI is InChI=1S/C15H15F2NO5/c1-23-8-2-10(16)9(11(17)3-8)4-18-6-14(12(19)20)5-15(14,7-18)13(21)22/h2-3H,4-7H2,1H3,(H,19,20)(H,21,22)/t14-,15+. The number of hydrogen-bond donors (Lipinski definition) is 2. The van der Waals surface area contributed by atoms with Gasteiger partial charge in [0.2, 0.25) is 0 Å². The van der Waals surface area contributed by atoms with Crippen LogP contribution in [0.15, 0.2) is 12.1 Å². The number of ether oxygens (including phenoxy) is 1. The van der Waals surface area contributed by atoms with E-state index in [-0.39, 0.29) is 37.4 Å². The molecule has 124 valence electrons. The summed E-state index contributed by atoms with van der Waals surface area (Å²) in [6, 6.07) is 2.07. The van der Waals surface area contributed by atoms with E-state index in [0.717, 1.165) is 12.1 Å². The first-order valence-corrected chi connectivity index (χ1v) is 6.97. The molecule has 2 fully saturated rings.